The zero-order valence-electron chi connectivity index (χ0n) is 26.2. The number of ether oxygens (including phenoxy) is 1. The number of carbonyl (C=O) groups excluding carboxylic acids is 1. The van der Waals surface area contributed by atoms with Gasteiger partial charge in [0.2, 0.25) is 15.4 Å². The molecule has 0 radical (unpaired) electrons. The van der Waals surface area contributed by atoms with Crippen LogP contribution in [-0.2, 0) is 29.7 Å². The predicted octanol–water partition coefficient (Wildman–Crippen LogP) is 3.61. The molecule has 2 aromatic rings. The van der Waals surface area contributed by atoms with Crippen LogP contribution in [-0.4, -0.2) is 66.7 Å². The first-order chi connectivity index (χ1) is 21.9. The Bertz CT molecular complexity index is 2050. The van der Waals surface area contributed by atoms with Gasteiger partial charge in [-0.2, -0.15) is 0 Å². The van der Waals surface area contributed by atoms with Crippen molar-refractivity contribution in [2.45, 2.75) is 43.9 Å². The van der Waals surface area contributed by atoms with Crippen molar-refractivity contribution in [1.82, 2.24) is 9.30 Å². The molecule has 0 aromatic heterocycles. The zero-order chi connectivity index (χ0) is 33.6. The van der Waals surface area contributed by atoms with Crippen molar-refractivity contribution >= 4 is 42.8 Å². The smallest absolute Gasteiger partial charge is 0.384 e. The quantitative estimate of drug-likeness (QED) is 0.0429. The molecule has 0 amide bonds. The van der Waals surface area contributed by atoms with Crippen LogP contribution in [0.4, 0.5) is 5.69 Å². The maximum absolute atomic E-state index is 13.1. The monoisotopic (exact) mass is 667 g/mol. The van der Waals surface area contributed by atoms with E-state index in [4.69, 9.17) is 15.6 Å². The number of fused-ring (bicyclic) bond motifs is 2. The van der Waals surface area contributed by atoms with Gasteiger partial charge in [-0.1, -0.05) is 6.07 Å². The minimum Gasteiger partial charge on any atom is -0.744 e. The molecule has 244 valence electrons. The summed E-state index contributed by atoms with van der Waals surface area (Å²) < 4.78 is 80.0. The van der Waals surface area contributed by atoms with Gasteiger partial charge in [-0.05, 0) is 64.4 Å². The molecule has 1 aliphatic heterocycles. The van der Waals surface area contributed by atoms with Crippen molar-refractivity contribution in [2.75, 3.05) is 44.2 Å². The summed E-state index contributed by atoms with van der Waals surface area (Å²) in [6.45, 7) is 10.9. The molecule has 2 aromatic carbocycles. The van der Waals surface area contributed by atoms with Crippen molar-refractivity contribution in [3.05, 3.63) is 60.0 Å². The normalized spacial score (nSPS) is 11.8. The van der Waals surface area contributed by atoms with E-state index in [1.54, 1.807) is 5.92 Å². The molecule has 0 fully saturated rings. The molecule has 1 N–H and O–H groups in total. The summed E-state index contributed by atoms with van der Waals surface area (Å²) in [5.74, 6) is 1.39. The van der Waals surface area contributed by atoms with Gasteiger partial charge in [-0.25, -0.2) is 30.9 Å². The van der Waals surface area contributed by atoms with E-state index in [0.717, 1.165) is 43.3 Å². The predicted molar refractivity (Wildman–Crippen MR) is 176 cm³/mol. The third-order valence-electron chi connectivity index (χ3n) is 7.71. The summed E-state index contributed by atoms with van der Waals surface area (Å²) in [6, 6.07) is 14.7. The number of benzene rings is 3. The van der Waals surface area contributed by atoms with Gasteiger partial charge in [0.05, 0.1) is 22.5 Å². The molecule has 13 heteroatoms. The Morgan fingerprint density at radius 1 is 0.978 bits per heavy atom. The van der Waals surface area contributed by atoms with Crippen molar-refractivity contribution in [3.8, 4) is 34.8 Å². The van der Waals surface area contributed by atoms with E-state index >= 15 is 0 Å². The molecule has 1 aliphatic carbocycles. The highest BCUT2D eigenvalue weighted by molar-refractivity contribution is 7.89. The van der Waals surface area contributed by atoms with Gasteiger partial charge in [0.1, 0.15) is 34.6 Å². The topological polar surface area (TPSA) is 149 Å². The molecule has 0 saturated carbocycles. The Balaban J connectivity index is 1.93. The third-order valence-corrected chi connectivity index (χ3v) is 10.0. The minimum atomic E-state index is -5.17. The molecular formula is C33H37N3O8S2. The number of sulfonamides is 1. The first-order valence-corrected chi connectivity index (χ1v) is 17.8. The fourth-order valence-electron chi connectivity index (χ4n) is 5.38. The van der Waals surface area contributed by atoms with Gasteiger partial charge >= 0.3 is 5.97 Å². The van der Waals surface area contributed by atoms with Gasteiger partial charge in [0.25, 0.3) is 0 Å². The molecule has 2 aliphatic rings. The molecule has 1 heterocycles. The van der Waals surface area contributed by atoms with Gasteiger partial charge in [0.15, 0.2) is 0 Å². The van der Waals surface area contributed by atoms with Crippen LogP contribution >= 0.6 is 0 Å². The van der Waals surface area contributed by atoms with E-state index in [0.29, 0.717) is 27.9 Å². The average molecular weight is 668 g/mol. The summed E-state index contributed by atoms with van der Waals surface area (Å²) in [7, 11) is -9.41. The molecular weight excluding hydrogens is 631 g/mol. The molecule has 0 unspecified atom stereocenters. The van der Waals surface area contributed by atoms with Crippen LogP contribution in [0.2, 0.25) is 0 Å². The lowest BCUT2D eigenvalue weighted by Gasteiger charge is -2.23. The van der Waals surface area contributed by atoms with Crippen LogP contribution in [0.5, 0.6) is 0 Å². The summed E-state index contributed by atoms with van der Waals surface area (Å²) in [6.07, 6.45) is 5.06. The highest BCUT2D eigenvalue weighted by atomic mass is 32.2. The van der Waals surface area contributed by atoms with Crippen LogP contribution in [0.25, 0.3) is 33.4 Å². The Morgan fingerprint density at radius 3 is 2.30 bits per heavy atom. The number of esters is 1. The molecule has 0 spiro atoms. The first kappa shape index (κ1) is 34.6. The van der Waals surface area contributed by atoms with E-state index in [-0.39, 0.29) is 25.1 Å². The van der Waals surface area contributed by atoms with Crippen LogP contribution in [0.15, 0.2) is 68.8 Å². The highest BCUT2D eigenvalue weighted by Gasteiger charge is 2.25. The number of anilines is 1. The molecule has 11 nitrogen and oxygen atoms in total. The zero-order valence-corrected chi connectivity index (χ0v) is 27.8. The Morgan fingerprint density at radius 2 is 1.67 bits per heavy atom. The SMILES string of the molecule is C#CC(=O)OCCCNS(=O)(=O)c1ccc(-c2c3ccc(=[N+](CC)CC)cc-3oc3cc(N(CC)CC)ccc23)c(S(=O)(=O)[O-])c1. The second kappa shape index (κ2) is 14.5. The Kier molecular flexibility index (Phi) is 10.9. The second-order valence-corrected chi connectivity index (χ2v) is 13.4. The van der Waals surface area contributed by atoms with Gasteiger partial charge in [-0.3, -0.25) is 0 Å². The van der Waals surface area contributed by atoms with E-state index in [9.17, 15) is 26.2 Å². The highest BCUT2D eigenvalue weighted by Crippen LogP contribution is 2.43. The second-order valence-electron chi connectivity index (χ2n) is 10.3. The van der Waals surface area contributed by atoms with E-state index in [1.807, 2.05) is 64.1 Å². The molecule has 4 rings (SSSR count). The van der Waals surface area contributed by atoms with E-state index in [2.05, 4.69) is 14.2 Å². The number of terminal acetylenes is 1. The molecule has 0 atom stereocenters. The van der Waals surface area contributed by atoms with Crippen molar-refractivity contribution in [1.29, 1.82) is 0 Å². The maximum atomic E-state index is 13.1. The average Bonchev–Trinajstić information content (AvgIpc) is 3.03. The van der Waals surface area contributed by atoms with Crippen LogP contribution in [0, 0.1) is 12.3 Å². The third kappa shape index (κ3) is 7.42. The maximum Gasteiger partial charge on any atom is 0.384 e. The van der Waals surface area contributed by atoms with Crippen LogP contribution in [0.1, 0.15) is 34.1 Å². The lowest BCUT2D eigenvalue weighted by molar-refractivity contribution is -0.136. The first-order valence-electron chi connectivity index (χ1n) is 14.9. The minimum absolute atomic E-state index is 0.0483. The fourth-order valence-corrected chi connectivity index (χ4v) is 7.27. The lowest BCUT2D eigenvalue weighted by atomic mass is 9.93. The molecule has 0 saturated heterocycles. The number of nitrogens with zero attached hydrogens (tertiary/aromatic N) is 2. The van der Waals surface area contributed by atoms with Crippen molar-refractivity contribution in [2.24, 2.45) is 0 Å². The van der Waals surface area contributed by atoms with Gasteiger partial charge < -0.3 is 18.6 Å². The molecule has 46 heavy (non-hydrogen) atoms. The summed E-state index contributed by atoms with van der Waals surface area (Å²) in [5.41, 5.74) is 2.41. The summed E-state index contributed by atoms with van der Waals surface area (Å²) >= 11 is 0. The van der Waals surface area contributed by atoms with Crippen molar-refractivity contribution in [3.63, 3.8) is 0 Å². The van der Waals surface area contributed by atoms with E-state index < -0.39 is 35.9 Å². The fraction of sp³-hybridized carbons (Fsp3) is 0.333. The van der Waals surface area contributed by atoms with Crippen molar-refractivity contribution < 1.29 is 35.3 Å². The summed E-state index contributed by atoms with van der Waals surface area (Å²) in [4.78, 5) is 12.1. The Hall–Kier alpha value is -4.22. The largest absolute Gasteiger partial charge is 0.744 e. The number of nitrogens with one attached hydrogen (secondary N) is 1. The Labute approximate surface area is 269 Å². The number of rotatable bonds is 13. The summed E-state index contributed by atoms with van der Waals surface area (Å²) in [5, 5.41) is 1.46. The van der Waals surface area contributed by atoms with Gasteiger partial charge in [0, 0.05) is 65.5 Å². The van der Waals surface area contributed by atoms with E-state index in [1.165, 1.54) is 12.1 Å². The van der Waals surface area contributed by atoms with Crippen LogP contribution < -0.4 is 19.6 Å². The number of carbonyl (C=O) groups is 1. The molecule has 0 bridgehead atoms. The standard InChI is InChI=1S/C33H37N3O8S2/c1-6-32(37)43-19-11-18-34-45(38,39)25-14-17-28(31(22-25)46(40,41)42)33-26-15-12-23(35(7-2)8-3)20-29(26)44-30-21-24(13-16-27(30)33)36(9-4)10-5/h1,12-17,20-22,34H,7-11,18-19H2,2-5H3. The number of hydrogen-bond acceptors (Lipinski definition) is 9. The lowest BCUT2D eigenvalue weighted by Crippen LogP contribution is -2.29. The number of hydrogen-bond donors (Lipinski definition) is 1. The van der Waals surface area contributed by atoms with Crippen LogP contribution in [0.3, 0.4) is 0 Å². The van der Waals surface area contributed by atoms with Gasteiger partial charge in [-0.15, -0.1) is 6.42 Å².